The molecule has 1 aliphatic heterocycles. The summed E-state index contributed by atoms with van der Waals surface area (Å²) in [5, 5.41) is 10.3. The molecule has 0 unspecified atom stereocenters. The van der Waals surface area contributed by atoms with Crippen molar-refractivity contribution in [2.75, 3.05) is 20.2 Å². The molecule has 1 aliphatic carbocycles. The Kier molecular flexibility index (Phi) is 4.25. The van der Waals surface area contributed by atoms with E-state index >= 15 is 0 Å². The van der Waals surface area contributed by atoms with Crippen molar-refractivity contribution in [3.63, 3.8) is 0 Å². The van der Waals surface area contributed by atoms with Gasteiger partial charge < -0.3 is 9.84 Å². The highest BCUT2D eigenvalue weighted by Gasteiger charge is 2.61. The van der Waals surface area contributed by atoms with Gasteiger partial charge in [0.1, 0.15) is 5.41 Å². The molecule has 2 fully saturated rings. The number of piperidine rings is 1. The average molecular weight is 317 g/mol. The topological polar surface area (TPSA) is 66.8 Å². The first-order valence-corrected chi connectivity index (χ1v) is 8.06. The number of carbonyl (C=O) groups is 2. The Labute approximate surface area is 136 Å². The van der Waals surface area contributed by atoms with Crippen LogP contribution in [0.25, 0.3) is 0 Å². The molecule has 4 atom stereocenters. The lowest BCUT2D eigenvalue weighted by molar-refractivity contribution is -0.180. The standard InChI is InChI=1S/C18H23NO4/c1-12-8-15(20)14-10-19(9-13-6-4-3-5-7-13)11-18(12,16(14)21)17(22)23-2/h3-7,12,14-15,20H,8-11H2,1-2H3/t12-,14+,15-,18+/m0/s1. The van der Waals surface area contributed by atoms with E-state index in [1.165, 1.54) is 7.11 Å². The molecule has 1 saturated heterocycles. The number of benzene rings is 1. The monoisotopic (exact) mass is 317 g/mol. The van der Waals surface area contributed by atoms with E-state index in [9.17, 15) is 14.7 Å². The number of esters is 1. The predicted octanol–water partition coefficient (Wildman–Crippen LogP) is 1.25. The number of aliphatic hydroxyl groups excluding tert-OH is 1. The molecule has 0 spiro atoms. The predicted molar refractivity (Wildman–Crippen MR) is 84.5 cm³/mol. The van der Waals surface area contributed by atoms with Gasteiger partial charge in [-0.05, 0) is 17.9 Å². The normalized spacial score (nSPS) is 34.2. The van der Waals surface area contributed by atoms with Crippen molar-refractivity contribution in [3.8, 4) is 0 Å². The molecule has 2 aliphatic rings. The van der Waals surface area contributed by atoms with Crippen LogP contribution in [0.1, 0.15) is 18.9 Å². The molecule has 1 heterocycles. The van der Waals surface area contributed by atoms with Crippen LogP contribution in [0, 0.1) is 17.3 Å². The number of methoxy groups -OCH3 is 1. The molecule has 0 radical (unpaired) electrons. The van der Waals surface area contributed by atoms with E-state index in [0.717, 1.165) is 5.56 Å². The maximum atomic E-state index is 12.9. The first-order chi connectivity index (χ1) is 11.0. The van der Waals surface area contributed by atoms with Crippen LogP contribution in [0.2, 0.25) is 0 Å². The second-order valence-corrected chi connectivity index (χ2v) is 6.79. The third kappa shape index (κ3) is 2.58. The van der Waals surface area contributed by atoms with Crippen LogP contribution in [0.5, 0.6) is 0 Å². The zero-order valence-corrected chi connectivity index (χ0v) is 13.6. The minimum Gasteiger partial charge on any atom is -0.468 e. The average Bonchev–Trinajstić information content (AvgIpc) is 2.54. The van der Waals surface area contributed by atoms with Crippen LogP contribution >= 0.6 is 0 Å². The van der Waals surface area contributed by atoms with Gasteiger partial charge in [0.15, 0.2) is 5.78 Å². The van der Waals surface area contributed by atoms with Gasteiger partial charge in [0, 0.05) is 19.6 Å². The molecular weight excluding hydrogens is 294 g/mol. The smallest absolute Gasteiger partial charge is 0.320 e. The lowest BCUT2D eigenvalue weighted by atomic mass is 9.59. The summed E-state index contributed by atoms with van der Waals surface area (Å²) in [5.74, 6) is -1.36. The van der Waals surface area contributed by atoms with Crippen molar-refractivity contribution in [2.24, 2.45) is 17.3 Å². The second-order valence-electron chi connectivity index (χ2n) is 6.79. The molecule has 1 N–H and O–H groups in total. The Morgan fingerprint density at radius 2 is 2.09 bits per heavy atom. The molecule has 23 heavy (non-hydrogen) atoms. The number of likely N-dealkylation sites (tertiary alicyclic amines) is 1. The molecule has 5 heteroatoms. The highest BCUT2D eigenvalue weighted by atomic mass is 16.5. The van der Waals surface area contributed by atoms with Crippen LogP contribution in [-0.4, -0.2) is 48.1 Å². The third-order valence-corrected chi connectivity index (χ3v) is 5.40. The number of aliphatic hydroxyl groups is 1. The quantitative estimate of drug-likeness (QED) is 0.671. The van der Waals surface area contributed by atoms with E-state index in [2.05, 4.69) is 4.90 Å². The van der Waals surface area contributed by atoms with Gasteiger partial charge in [-0.15, -0.1) is 0 Å². The van der Waals surface area contributed by atoms with E-state index in [4.69, 9.17) is 4.74 Å². The zero-order valence-electron chi connectivity index (χ0n) is 13.6. The molecule has 1 aromatic carbocycles. The number of rotatable bonds is 3. The van der Waals surface area contributed by atoms with Crippen LogP contribution in [-0.2, 0) is 20.9 Å². The maximum Gasteiger partial charge on any atom is 0.320 e. The molecule has 2 bridgehead atoms. The Morgan fingerprint density at radius 3 is 2.74 bits per heavy atom. The SMILES string of the molecule is COC(=O)[C@@]12CN(Cc3ccccc3)C[C@@H](C1=O)[C@@H](O)C[C@@H]2C. The number of carbonyl (C=O) groups excluding carboxylic acids is 2. The Balaban J connectivity index is 1.92. The number of ether oxygens (including phenoxy) is 1. The first-order valence-electron chi connectivity index (χ1n) is 8.06. The number of nitrogens with zero attached hydrogens (tertiary/aromatic N) is 1. The van der Waals surface area contributed by atoms with E-state index < -0.39 is 23.4 Å². The Bertz CT molecular complexity index is 602. The van der Waals surface area contributed by atoms with Gasteiger partial charge in [-0.1, -0.05) is 37.3 Å². The molecule has 1 aromatic rings. The van der Waals surface area contributed by atoms with E-state index in [1.54, 1.807) is 0 Å². The lowest BCUT2D eigenvalue weighted by Gasteiger charge is -2.51. The van der Waals surface area contributed by atoms with Gasteiger partial charge in [0.05, 0.1) is 19.1 Å². The van der Waals surface area contributed by atoms with E-state index in [-0.39, 0.29) is 11.7 Å². The summed E-state index contributed by atoms with van der Waals surface area (Å²) in [5.41, 5.74) is -0.0202. The number of hydrogen-bond acceptors (Lipinski definition) is 5. The van der Waals surface area contributed by atoms with Crippen molar-refractivity contribution in [3.05, 3.63) is 35.9 Å². The number of hydrogen-bond donors (Lipinski definition) is 1. The molecule has 1 saturated carbocycles. The van der Waals surface area contributed by atoms with Gasteiger partial charge in [-0.25, -0.2) is 0 Å². The minimum atomic E-state index is -1.15. The fraction of sp³-hybridized carbons (Fsp3) is 0.556. The van der Waals surface area contributed by atoms with Crippen molar-refractivity contribution < 1.29 is 19.4 Å². The zero-order chi connectivity index (χ0) is 16.6. The largest absolute Gasteiger partial charge is 0.468 e. The van der Waals surface area contributed by atoms with Crippen molar-refractivity contribution in [2.45, 2.75) is 26.0 Å². The summed E-state index contributed by atoms with van der Waals surface area (Å²) in [6.45, 7) is 3.36. The Hall–Kier alpha value is -1.72. The van der Waals surface area contributed by atoms with Crippen molar-refractivity contribution >= 4 is 11.8 Å². The number of Topliss-reactive ketones (excluding diaryl/α,β-unsaturated/α-hetero) is 1. The molecule has 0 amide bonds. The molecule has 5 nitrogen and oxygen atoms in total. The van der Waals surface area contributed by atoms with Gasteiger partial charge in [-0.2, -0.15) is 0 Å². The lowest BCUT2D eigenvalue weighted by Crippen LogP contribution is -2.66. The van der Waals surface area contributed by atoms with Crippen LogP contribution in [0.4, 0.5) is 0 Å². The summed E-state index contributed by atoms with van der Waals surface area (Å²) in [4.78, 5) is 27.4. The van der Waals surface area contributed by atoms with Crippen molar-refractivity contribution in [1.82, 2.24) is 4.90 Å². The fourth-order valence-corrected chi connectivity index (χ4v) is 4.12. The van der Waals surface area contributed by atoms with E-state index in [0.29, 0.717) is 26.1 Å². The molecular formula is C18H23NO4. The second kappa shape index (κ2) is 6.06. The maximum absolute atomic E-state index is 12.9. The molecule has 124 valence electrons. The number of fused-ring (bicyclic) bond motifs is 2. The minimum absolute atomic E-state index is 0.153. The van der Waals surface area contributed by atoms with Gasteiger partial charge in [-0.3, -0.25) is 14.5 Å². The fourth-order valence-electron chi connectivity index (χ4n) is 4.12. The van der Waals surface area contributed by atoms with Gasteiger partial charge >= 0.3 is 5.97 Å². The van der Waals surface area contributed by atoms with Crippen LogP contribution in [0.3, 0.4) is 0 Å². The molecule has 0 aromatic heterocycles. The summed E-state index contributed by atoms with van der Waals surface area (Å²) >= 11 is 0. The van der Waals surface area contributed by atoms with Crippen LogP contribution < -0.4 is 0 Å². The highest BCUT2D eigenvalue weighted by Crippen LogP contribution is 2.46. The van der Waals surface area contributed by atoms with E-state index in [1.807, 2.05) is 37.3 Å². The summed E-state index contributed by atoms with van der Waals surface area (Å²) in [6.07, 6.45) is -0.223. The first kappa shape index (κ1) is 16.1. The Morgan fingerprint density at radius 1 is 1.39 bits per heavy atom. The van der Waals surface area contributed by atoms with Gasteiger partial charge in [0.2, 0.25) is 0 Å². The third-order valence-electron chi connectivity index (χ3n) is 5.40. The summed E-state index contributed by atoms with van der Waals surface area (Å²) in [6, 6.07) is 9.95. The summed E-state index contributed by atoms with van der Waals surface area (Å²) in [7, 11) is 1.33. The summed E-state index contributed by atoms with van der Waals surface area (Å²) < 4.78 is 4.97. The number of ketones is 1. The molecule has 3 rings (SSSR count). The van der Waals surface area contributed by atoms with Crippen molar-refractivity contribution in [1.29, 1.82) is 0 Å². The van der Waals surface area contributed by atoms with Gasteiger partial charge in [0.25, 0.3) is 0 Å². The van der Waals surface area contributed by atoms with Crippen LogP contribution in [0.15, 0.2) is 30.3 Å². The highest BCUT2D eigenvalue weighted by molar-refractivity contribution is 6.07.